The second-order valence-corrected chi connectivity index (χ2v) is 8.73. The fourth-order valence-electron chi connectivity index (χ4n) is 0.357. The van der Waals surface area contributed by atoms with E-state index in [2.05, 4.69) is 15.8 Å². The topological polar surface area (TPSA) is 60.6 Å². The first-order valence-electron chi connectivity index (χ1n) is 4.08. The highest BCUT2D eigenvalue weighted by Crippen LogP contribution is 2.34. The van der Waals surface area contributed by atoms with Crippen molar-refractivity contribution in [3.63, 3.8) is 0 Å². The molecular formula is C8H20N4S. The molecule has 4 nitrogen and oxygen atoms in total. The maximum Gasteiger partial charge on any atom is 0.157 e. The minimum atomic E-state index is -1.00. The van der Waals surface area contributed by atoms with Gasteiger partial charge in [-0.15, -0.1) is 0 Å². The molecule has 0 aliphatic rings. The summed E-state index contributed by atoms with van der Waals surface area (Å²) in [7, 11) is -1.00. The molecule has 0 rings (SSSR count). The van der Waals surface area contributed by atoms with Crippen LogP contribution in [0.2, 0.25) is 0 Å². The number of hydrogen-bond acceptors (Lipinski definition) is 3. The van der Waals surface area contributed by atoms with Crippen molar-refractivity contribution in [2.75, 3.05) is 18.8 Å². The molecule has 13 heavy (non-hydrogen) atoms. The summed E-state index contributed by atoms with van der Waals surface area (Å²) in [6, 6.07) is 0. The number of hydrogen-bond donors (Lipinski definition) is 2. The van der Waals surface area contributed by atoms with E-state index in [1.54, 1.807) is 0 Å². The van der Waals surface area contributed by atoms with Gasteiger partial charge in [-0.1, -0.05) is 5.22 Å². The van der Waals surface area contributed by atoms with Crippen LogP contribution in [0.5, 0.6) is 0 Å². The lowest BCUT2D eigenvalue weighted by Crippen LogP contribution is -2.22. The quantitative estimate of drug-likeness (QED) is 0.293. The molecule has 0 aromatic heterocycles. The second-order valence-electron chi connectivity index (χ2n) is 4.65. The number of nitrogens with one attached hydrogen (secondary N) is 2. The van der Waals surface area contributed by atoms with E-state index in [1.165, 1.54) is 0 Å². The first kappa shape index (κ1) is 12.4. The Morgan fingerprint density at radius 2 is 1.69 bits per heavy atom. The Labute approximate surface area is 82.0 Å². The van der Waals surface area contributed by atoms with Crippen LogP contribution in [-0.4, -0.2) is 29.5 Å². The van der Waals surface area contributed by atoms with E-state index in [9.17, 15) is 0 Å². The van der Waals surface area contributed by atoms with Crippen molar-refractivity contribution < 1.29 is 0 Å². The van der Waals surface area contributed by atoms with Gasteiger partial charge in [0.2, 0.25) is 0 Å². The zero-order valence-electron chi connectivity index (χ0n) is 9.30. The summed E-state index contributed by atoms with van der Waals surface area (Å²) >= 11 is 0. The Morgan fingerprint density at radius 1 is 1.23 bits per heavy atom. The molecular weight excluding hydrogens is 184 g/mol. The van der Waals surface area contributed by atoms with E-state index in [-0.39, 0.29) is 5.54 Å². The zero-order chi connectivity index (χ0) is 10.7. The van der Waals surface area contributed by atoms with Crippen molar-refractivity contribution >= 4 is 15.2 Å². The van der Waals surface area contributed by atoms with Crippen LogP contribution in [0.1, 0.15) is 20.8 Å². The minimum Gasteiger partial charge on any atom is -0.279 e. The normalized spacial score (nSPS) is 14.6. The molecule has 0 bridgehead atoms. The maximum atomic E-state index is 7.62. The molecule has 0 heterocycles. The molecule has 0 atom stereocenters. The highest BCUT2D eigenvalue weighted by atomic mass is 32.3. The van der Waals surface area contributed by atoms with Gasteiger partial charge in [-0.25, -0.2) is 5.43 Å². The molecule has 78 valence electrons. The van der Waals surface area contributed by atoms with E-state index in [1.807, 2.05) is 39.5 Å². The van der Waals surface area contributed by atoms with Crippen molar-refractivity contribution in [2.24, 2.45) is 10.3 Å². The predicted molar refractivity (Wildman–Crippen MR) is 60.8 cm³/mol. The Balaban J connectivity index is 4.06. The summed E-state index contributed by atoms with van der Waals surface area (Å²) in [5.74, 6) is 0. The molecule has 0 aromatic rings. The van der Waals surface area contributed by atoms with Crippen LogP contribution in [0.25, 0.3) is 0 Å². The third kappa shape index (κ3) is 6.57. The first-order valence-corrected chi connectivity index (χ1v) is 6.93. The molecule has 0 amide bonds. The summed E-state index contributed by atoms with van der Waals surface area (Å²) in [5, 5.41) is 15.9. The minimum absolute atomic E-state index is 0.180. The fourth-order valence-corrected chi connectivity index (χ4v) is 0.672. The molecule has 0 aliphatic carbocycles. The highest BCUT2D eigenvalue weighted by molar-refractivity contribution is 8.43. The fraction of sp³-hybridized carbons (Fsp3) is 0.875. The lowest BCUT2D eigenvalue weighted by Gasteiger charge is -2.24. The summed E-state index contributed by atoms with van der Waals surface area (Å²) < 4.78 is 0. The molecule has 0 unspecified atom stereocenters. The van der Waals surface area contributed by atoms with Crippen molar-refractivity contribution in [3.8, 4) is 0 Å². The van der Waals surface area contributed by atoms with Gasteiger partial charge in [-0.3, -0.25) is 5.41 Å². The van der Waals surface area contributed by atoms with Gasteiger partial charge in [0.15, 0.2) is 5.17 Å². The second kappa shape index (κ2) is 4.09. The maximum absolute atomic E-state index is 7.62. The standard InChI is InChI=1S/C8H20N4S/c1-8(2,3)11-12-10-7(9)13(4,5)6/h1-6H3,(H2,9,10,11). The highest BCUT2D eigenvalue weighted by Gasteiger charge is 2.11. The van der Waals surface area contributed by atoms with Gasteiger partial charge in [0.25, 0.3) is 0 Å². The SMILES string of the molecule is CC(C)(C)N=NNC(=N)S(C)(C)C. The first-order chi connectivity index (χ1) is 5.63. The molecule has 0 fully saturated rings. The largest absolute Gasteiger partial charge is 0.279 e. The Bertz CT molecular complexity index is 209. The van der Waals surface area contributed by atoms with Crippen LogP contribution in [-0.2, 0) is 0 Å². The van der Waals surface area contributed by atoms with Crippen LogP contribution < -0.4 is 5.43 Å². The van der Waals surface area contributed by atoms with Gasteiger partial charge in [-0.05, 0) is 39.5 Å². The summed E-state index contributed by atoms with van der Waals surface area (Å²) in [4.78, 5) is 0. The molecule has 5 heteroatoms. The van der Waals surface area contributed by atoms with Crippen LogP contribution in [0.4, 0.5) is 0 Å². The van der Waals surface area contributed by atoms with E-state index in [0.29, 0.717) is 5.17 Å². The van der Waals surface area contributed by atoms with Crippen molar-refractivity contribution in [1.29, 1.82) is 5.41 Å². The number of amidine groups is 1. The van der Waals surface area contributed by atoms with Crippen molar-refractivity contribution in [2.45, 2.75) is 26.3 Å². The van der Waals surface area contributed by atoms with Crippen molar-refractivity contribution in [1.82, 2.24) is 5.43 Å². The molecule has 0 radical (unpaired) electrons. The summed E-state index contributed by atoms with van der Waals surface area (Å²) in [6.45, 7) is 5.89. The van der Waals surface area contributed by atoms with Crippen LogP contribution >= 0.6 is 10.0 Å². The third-order valence-electron chi connectivity index (χ3n) is 1.11. The van der Waals surface area contributed by atoms with Crippen molar-refractivity contribution in [3.05, 3.63) is 0 Å². The molecule has 0 aromatic carbocycles. The van der Waals surface area contributed by atoms with E-state index < -0.39 is 10.0 Å². The zero-order valence-corrected chi connectivity index (χ0v) is 10.1. The Kier molecular flexibility index (Phi) is 3.90. The van der Waals surface area contributed by atoms with Gasteiger partial charge >= 0.3 is 0 Å². The summed E-state index contributed by atoms with van der Waals surface area (Å²) in [6.07, 6.45) is 6.11. The van der Waals surface area contributed by atoms with Gasteiger partial charge in [0, 0.05) is 0 Å². The Morgan fingerprint density at radius 3 is 2.00 bits per heavy atom. The van der Waals surface area contributed by atoms with Crippen LogP contribution in [0.15, 0.2) is 10.3 Å². The molecule has 0 saturated carbocycles. The Hall–Kier alpha value is -0.580. The third-order valence-corrected chi connectivity index (χ3v) is 2.43. The van der Waals surface area contributed by atoms with Crippen LogP contribution in [0.3, 0.4) is 0 Å². The number of nitrogens with zero attached hydrogens (tertiary/aromatic N) is 2. The molecule has 0 aliphatic heterocycles. The lowest BCUT2D eigenvalue weighted by molar-refractivity contribution is 0.532. The molecule has 0 spiro atoms. The van der Waals surface area contributed by atoms with E-state index >= 15 is 0 Å². The van der Waals surface area contributed by atoms with Gasteiger partial charge < -0.3 is 0 Å². The smallest absolute Gasteiger partial charge is 0.157 e. The average Bonchev–Trinajstić information content (AvgIpc) is 1.82. The van der Waals surface area contributed by atoms with E-state index in [4.69, 9.17) is 5.41 Å². The van der Waals surface area contributed by atoms with E-state index in [0.717, 1.165) is 0 Å². The van der Waals surface area contributed by atoms with Crippen LogP contribution in [0, 0.1) is 5.41 Å². The monoisotopic (exact) mass is 204 g/mol. The van der Waals surface area contributed by atoms with Gasteiger partial charge in [-0.2, -0.15) is 15.1 Å². The van der Waals surface area contributed by atoms with Gasteiger partial charge in [0.1, 0.15) is 0 Å². The summed E-state index contributed by atoms with van der Waals surface area (Å²) in [5.41, 5.74) is 2.48. The predicted octanol–water partition coefficient (Wildman–Crippen LogP) is 2.37. The average molecular weight is 204 g/mol. The molecule has 0 saturated heterocycles. The molecule has 2 N–H and O–H groups in total. The van der Waals surface area contributed by atoms with Gasteiger partial charge in [0.05, 0.1) is 5.54 Å². The lowest BCUT2D eigenvalue weighted by atomic mass is 10.1. The number of rotatable bonds is 1.